The van der Waals surface area contributed by atoms with E-state index in [0.29, 0.717) is 0 Å². The largest absolute Gasteiger partial charge is 0.394 e. The van der Waals surface area contributed by atoms with E-state index in [1.165, 1.54) is 0 Å². The highest BCUT2D eigenvalue weighted by atomic mass is 16.8. The van der Waals surface area contributed by atoms with Gasteiger partial charge in [0.15, 0.2) is 25.2 Å². The Morgan fingerprint density at radius 1 is 0.405 bits per heavy atom. The van der Waals surface area contributed by atoms with Crippen LogP contribution in [0.3, 0.4) is 0 Å². The van der Waals surface area contributed by atoms with Gasteiger partial charge < -0.3 is 84.2 Å². The van der Waals surface area contributed by atoms with Crippen LogP contribution in [0.4, 0.5) is 0 Å². The summed E-state index contributed by atoms with van der Waals surface area (Å²) >= 11 is 0. The molecule has 4 heterocycles. The molecule has 0 aromatic carbocycles. The first-order chi connectivity index (χ1) is 17.6. The molecule has 4 aliphatic heterocycles. The van der Waals surface area contributed by atoms with Crippen LogP contribution in [0.2, 0.25) is 0 Å². The van der Waals surface area contributed by atoms with Gasteiger partial charge in [-0.15, -0.1) is 0 Å². The highest BCUT2D eigenvalue weighted by Crippen LogP contribution is 2.35. The van der Waals surface area contributed by atoms with Crippen molar-refractivity contribution in [2.24, 2.45) is 0 Å². The molecular formula is C20H34O17. The van der Waals surface area contributed by atoms with Crippen LogP contribution < -0.4 is 0 Å². The number of hydrogen-bond donors (Lipinski definition) is 10. The van der Waals surface area contributed by atoms with E-state index in [0.717, 1.165) is 0 Å². The second kappa shape index (κ2) is 12.2. The van der Waals surface area contributed by atoms with Crippen LogP contribution in [0.25, 0.3) is 0 Å². The van der Waals surface area contributed by atoms with Gasteiger partial charge in [0.05, 0.1) is 26.4 Å². The lowest BCUT2D eigenvalue weighted by Gasteiger charge is -2.29. The molecule has 4 rings (SSSR count). The van der Waals surface area contributed by atoms with E-state index in [4.69, 9.17) is 33.2 Å². The quantitative estimate of drug-likeness (QED) is 0.122. The predicted molar refractivity (Wildman–Crippen MR) is 110 cm³/mol. The van der Waals surface area contributed by atoms with Crippen LogP contribution in [0.5, 0.6) is 0 Å². The van der Waals surface area contributed by atoms with Crippen LogP contribution in [0.1, 0.15) is 0 Å². The summed E-state index contributed by atoms with van der Waals surface area (Å²) in [7, 11) is 0. The Labute approximate surface area is 209 Å². The fourth-order valence-electron chi connectivity index (χ4n) is 4.70. The zero-order valence-corrected chi connectivity index (χ0v) is 19.4. The van der Waals surface area contributed by atoms with E-state index >= 15 is 0 Å². The SMILES string of the molecule is OC[C@@H]1O[C@@H](O[C@@H]2[C@@H](O)[C@@H](O[C@H]3[C@@H](O[C@H]4C(O)O[C@@H](CO)[C@@H]4O)O[C@@H](CO)[C@@H]3O)O[C@H]2CO)[C@H](O)[C@H]1O. The predicted octanol–water partition coefficient (Wildman–Crippen LogP) is -7.19. The fraction of sp³-hybridized carbons (Fsp3) is 1.00. The Kier molecular flexibility index (Phi) is 9.69. The van der Waals surface area contributed by atoms with Gasteiger partial charge in [-0.1, -0.05) is 0 Å². The topological polar surface area (TPSA) is 267 Å². The van der Waals surface area contributed by atoms with E-state index in [1.807, 2.05) is 0 Å². The maximum atomic E-state index is 10.8. The van der Waals surface area contributed by atoms with E-state index < -0.39 is 125 Å². The number of aliphatic hydroxyl groups is 10. The molecule has 0 aromatic heterocycles. The lowest BCUT2D eigenvalue weighted by Crippen LogP contribution is -2.47. The average Bonchev–Trinajstić information content (AvgIpc) is 3.55. The van der Waals surface area contributed by atoms with Crippen LogP contribution in [-0.4, -0.2) is 176 Å². The minimum Gasteiger partial charge on any atom is -0.394 e. The first kappa shape index (κ1) is 29.3. The molecule has 4 saturated heterocycles. The second-order valence-corrected chi connectivity index (χ2v) is 9.18. The van der Waals surface area contributed by atoms with Crippen LogP contribution in [0, 0.1) is 0 Å². The number of aliphatic hydroxyl groups excluding tert-OH is 10. The zero-order chi connectivity index (χ0) is 27.0. The average molecular weight is 546 g/mol. The Hall–Kier alpha value is -0.680. The van der Waals surface area contributed by atoms with Crippen LogP contribution >= 0.6 is 0 Å². The molecule has 0 amide bonds. The van der Waals surface area contributed by atoms with E-state index in [-0.39, 0.29) is 0 Å². The minimum atomic E-state index is -1.66. The maximum absolute atomic E-state index is 10.8. The lowest BCUT2D eigenvalue weighted by molar-refractivity contribution is -0.272. The highest BCUT2D eigenvalue weighted by molar-refractivity contribution is 4.96. The standard InChI is InChI=1S/C20H34O17/c21-1-5-9(25)12(28)18(32-5)35-14-8(4-24)34-19(13(14)29)37-16-11(27)7(3-23)33-20(16)36-15-10(26)6(2-22)31-17(15)30/h5-30H,1-4H2/t5-,6-,7-,8-,9-,10-,11-,12+,13+,14-,15+,16+,17?,18-,19+,20+/m0/s1. The van der Waals surface area contributed by atoms with Crippen molar-refractivity contribution in [1.82, 2.24) is 0 Å². The highest BCUT2D eigenvalue weighted by Gasteiger charge is 2.55. The molecule has 1 unspecified atom stereocenters. The van der Waals surface area contributed by atoms with Gasteiger partial charge in [0.25, 0.3) is 0 Å². The summed E-state index contributed by atoms with van der Waals surface area (Å²) < 4.78 is 37.9. The Bertz CT molecular complexity index is 731. The van der Waals surface area contributed by atoms with Gasteiger partial charge >= 0.3 is 0 Å². The summed E-state index contributed by atoms with van der Waals surface area (Å²) in [4.78, 5) is 0. The van der Waals surface area contributed by atoms with E-state index in [2.05, 4.69) is 0 Å². The van der Waals surface area contributed by atoms with Crippen molar-refractivity contribution in [2.45, 2.75) is 98.4 Å². The van der Waals surface area contributed by atoms with Crippen molar-refractivity contribution in [1.29, 1.82) is 0 Å². The van der Waals surface area contributed by atoms with Crippen LogP contribution in [0.15, 0.2) is 0 Å². The monoisotopic (exact) mass is 546 g/mol. The lowest BCUT2D eigenvalue weighted by atomic mass is 10.1. The summed E-state index contributed by atoms with van der Waals surface area (Å²) in [5, 5.41) is 99.4. The summed E-state index contributed by atoms with van der Waals surface area (Å²) in [6.07, 6.45) is -22.9. The fourth-order valence-corrected chi connectivity index (χ4v) is 4.70. The first-order valence-corrected chi connectivity index (χ1v) is 11.7. The van der Waals surface area contributed by atoms with Gasteiger partial charge in [-0.05, 0) is 0 Å². The molecule has 0 saturated carbocycles. The van der Waals surface area contributed by atoms with Gasteiger partial charge in [0, 0.05) is 0 Å². The summed E-state index contributed by atoms with van der Waals surface area (Å²) in [5.74, 6) is 0. The molecule has 4 fully saturated rings. The summed E-state index contributed by atoms with van der Waals surface area (Å²) in [6.45, 7) is -2.58. The third kappa shape index (κ3) is 5.65. The van der Waals surface area contributed by atoms with Gasteiger partial charge in [-0.2, -0.15) is 0 Å². The molecule has 0 radical (unpaired) electrons. The van der Waals surface area contributed by atoms with Crippen molar-refractivity contribution in [3.05, 3.63) is 0 Å². The molecule has 16 atom stereocenters. The summed E-state index contributed by atoms with van der Waals surface area (Å²) in [6, 6.07) is 0. The zero-order valence-electron chi connectivity index (χ0n) is 19.4. The Morgan fingerprint density at radius 2 is 0.838 bits per heavy atom. The normalized spacial score (nSPS) is 52.4. The van der Waals surface area contributed by atoms with Gasteiger partial charge in [-0.3, -0.25) is 0 Å². The van der Waals surface area contributed by atoms with Crippen molar-refractivity contribution in [3.8, 4) is 0 Å². The Balaban J connectivity index is 1.44. The van der Waals surface area contributed by atoms with Crippen molar-refractivity contribution < 1.29 is 84.2 Å². The van der Waals surface area contributed by atoms with Crippen LogP contribution in [-0.2, 0) is 33.2 Å². The van der Waals surface area contributed by atoms with E-state index in [1.54, 1.807) is 0 Å². The molecule has 17 nitrogen and oxygen atoms in total. The van der Waals surface area contributed by atoms with Crippen molar-refractivity contribution in [3.63, 3.8) is 0 Å². The number of ether oxygens (including phenoxy) is 7. The summed E-state index contributed by atoms with van der Waals surface area (Å²) in [5.41, 5.74) is 0. The molecular weight excluding hydrogens is 512 g/mol. The third-order valence-corrected chi connectivity index (χ3v) is 6.81. The number of hydrogen-bond acceptors (Lipinski definition) is 17. The van der Waals surface area contributed by atoms with Gasteiger partial charge in [0.2, 0.25) is 0 Å². The number of rotatable bonds is 10. The molecule has 0 bridgehead atoms. The third-order valence-electron chi connectivity index (χ3n) is 6.81. The maximum Gasteiger partial charge on any atom is 0.187 e. The van der Waals surface area contributed by atoms with E-state index in [9.17, 15) is 51.1 Å². The minimum absolute atomic E-state index is 0.613. The van der Waals surface area contributed by atoms with Crippen molar-refractivity contribution in [2.75, 3.05) is 26.4 Å². The van der Waals surface area contributed by atoms with Gasteiger partial charge in [-0.25, -0.2) is 0 Å². The molecule has 10 N–H and O–H groups in total. The second-order valence-electron chi connectivity index (χ2n) is 9.18. The molecule has 37 heavy (non-hydrogen) atoms. The smallest absolute Gasteiger partial charge is 0.187 e. The molecule has 0 aromatic rings. The molecule has 4 aliphatic rings. The molecule has 17 heteroatoms. The molecule has 216 valence electrons. The molecule has 0 spiro atoms. The Morgan fingerprint density at radius 3 is 1.41 bits per heavy atom. The molecule has 0 aliphatic carbocycles. The van der Waals surface area contributed by atoms with Gasteiger partial charge in [0.1, 0.15) is 73.2 Å². The van der Waals surface area contributed by atoms with Crippen molar-refractivity contribution >= 4 is 0 Å². The first-order valence-electron chi connectivity index (χ1n) is 11.7.